The molecule has 0 saturated heterocycles. The summed E-state index contributed by atoms with van der Waals surface area (Å²) in [6, 6.07) is 6.49. The van der Waals surface area contributed by atoms with Crippen LogP contribution in [-0.2, 0) is 18.9 Å². The van der Waals surface area contributed by atoms with E-state index in [9.17, 15) is 0 Å². The highest BCUT2D eigenvalue weighted by atomic mass is 15.1. The van der Waals surface area contributed by atoms with Crippen LogP contribution in [0.25, 0.3) is 11.0 Å². The first kappa shape index (κ1) is 12.1. The van der Waals surface area contributed by atoms with E-state index in [1.54, 1.807) is 0 Å². The first-order valence-corrected chi connectivity index (χ1v) is 6.15. The van der Waals surface area contributed by atoms with Gasteiger partial charge in [-0.05, 0) is 24.1 Å². The second-order valence-electron chi connectivity index (χ2n) is 5.26. The van der Waals surface area contributed by atoms with Crippen molar-refractivity contribution in [2.45, 2.75) is 32.6 Å². The van der Waals surface area contributed by atoms with Gasteiger partial charge in [0.05, 0.1) is 11.0 Å². The number of benzene rings is 1. The van der Waals surface area contributed by atoms with Crippen molar-refractivity contribution in [3.63, 3.8) is 0 Å². The van der Waals surface area contributed by atoms with Gasteiger partial charge in [0.2, 0.25) is 0 Å². The molecule has 0 bridgehead atoms. The molecular formula is C14H21N3. The van der Waals surface area contributed by atoms with E-state index in [0.29, 0.717) is 6.54 Å². The normalized spacial score (nSPS) is 12.3. The van der Waals surface area contributed by atoms with Gasteiger partial charge >= 0.3 is 0 Å². The molecular weight excluding hydrogens is 210 g/mol. The van der Waals surface area contributed by atoms with Crippen LogP contribution in [0.15, 0.2) is 18.2 Å². The summed E-state index contributed by atoms with van der Waals surface area (Å²) < 4.78 is 2.15. The third-order valence-electron chi connectivity index (χ3n) is 3.47. The number of aryl methyl sites for hydroxylation is 2. The minimum Gasteiger partial charge on any atom is -0.331 e. The van der Waals surface area contributed by atoms with Crippen LogP contribution in [0.3, 0.4) is 0 Å². The second-order valence-corrected chi connectivity index (χ2v) is 5.26. The Kier molecular flexibility index (Phi) is 2.96. The molecule has 2 aromatic rings. The fraction of sp³-hybridized carbons (Fsp3) is 0.500. The Hall–Kier alpha value is -1.35. The van der Waals surface area contributed by atoms with Crippen molar-refractivity contribution in [2.75, 3.05) is 6.54 Å². The zero-order valence-corrected chi connectivity index (χ0v) is 11.1. The average Bonchev–Trinajstić information content (AvgIpc) is 2.67. The van der Waals surface area contributed by atoms with E-state index < -0.39 is 0 Å². The van der Waals surface area contributed by atoms with Crippen LogP contribution in [0.1, 0.15) is 32.2 Å². The van der Waals surface area contributed by atoms with E-state index in [4.69, 9.17) is 10.7 Å². The van der Waals surface area contributed by atoms with Gasteiger partial charge in [0.1, 0.15) is 5.82 Å². The fourth-order valence-corrected chi connectivity index (χ4v) is 2.16. The van der Waals surface area contributed by atoms with E-state index in [1.807, 2.05) is 0 Å². The van der Waals surface area contributed by atoms with Crippen molar-refractivity contribution in [1.29, 1.82) is 0 Å². The maximum Gasteiger partial charge on any atom is 0.116 e. The van der Waals surface area contributed by atoms with Crippen LogP contribution in [0.4, 0.5) is 0 Å². The SMILES string of the molecule is CCc1ccc2c(c1)nc(C(C)(C)CN)n2C. The van der Waals surface area contributed by atoms with Gasteiger partial charge in [-0.3, -0.25) is 0 Å². The highest BCUT2D eigenvalue weighted by Crippen LogP contribution is 2.25. The topological polar surface area (TPSA) is 43.8 Å². The third kappa shape index (κ3) is 1.95. The van der Waals surface area contributed by atoms with Gasteiger partial charge in [-0.15, -0.1) is 0 Å². The molecule has 0 aliphatic rings. The lowest BCUT2D eigenvalue weighted by molar-refractivity contribution is 0.487. The van der Waals surface area contributed by atoms with Gasteiger partial charge in [-0.2, -0.15) is 0 Å². The molecule has 1 aromatic heterocycles. The zero-order valence-electron chi connectivity index (χ0n) is 11.1. The summed E-state index contributed by atoms with van der Waals surface area (Å²) in [6.07, 6.45) is 1.04. The second kappa shape index (κ2) is 4.15. The number of imidazole rings is 1. The summed E-state index contributed by atoms with van der Waals surface area (Å²) in [6.45, 7) is 7.03. The van der Waals surface area contributed by atoms with Crippen LogP contribution >= 0.6 is 0 Å². The van der Waals surface area contributed by atoms with Crippen LogP contribution in [-0.4, -0.2) is 16.1 Å². The van der Waals surface area contributed by atoms with E-state index in [2.05, 4.69) is 50.6 Å². The quantitative estimate of drug-likeness (QED) is 0.881. The van der Waals surface area contributed by atoms with E-state index in [0.717, 1.165) is 17.8 Å². The highest BCUT2D eigenvalue weighted by Gasteiger charge is 2.24. The average molecular weight is 231 g/mol. The Morgan fingerprint density at radius 3 is 2.65 bits per heavy atom. The molecule has 2 N–H and O–H groups in total. The molecule has 0 radical (unpaired) electrons. The Morgan fingerprint density at radius 2 is 2.06 bits per heavy atom. The van der Waals surface area contributed by atoms with E-state index in [-0.39, 0.29) is 5.41 Å². The Balaban J connectivity index is 2.64. The molecule has 0 amide bonds. The maximum absolute atomic E-state index is 5.83. The lowest BCUT2D eigenvalue weighted by Crippen LogP contribution is -2.31. The highest BCUT2D eigenvalue weighted by molar-refractivity contribution is 5.77. The molecule has 3 nitrogen and oxygen atoms in total. The lowest BCUT2D eigenvalue weighted by Gasteiger charge is -2.21. The number of nitrogens with two attached hydrogens (primary N) is 1. The molecule has 1 heterocycles. The van der Waals surface area contributed by atoms with Crippen molar-refractivity contribution in [3.8, 4) is 0 Å². The molecule has 0 aliphatic heterocycles. The van der Waals surface area contributed by atoms with Gasteiger partial charge in [0, 0.05) is 19.0 Å². The number of rotatable bonds is 3. The fourth-order valence-electron chi connectivity index (χ4n) is 2.16. The standard InChI is InChI=1S/C14H21N3/c1-5-10-6-7-12-11(8-10)16-13(17(12)4)14(2,3)9-15/h6-8H,5,9,15H2,1-4H3. The van der Waals surface area contributed by atoms with E-state index in [1.165, 1.54) is 11.1 Å². The first-order chi connectivity index (χ1) is 7.99. The smallest absolute Gasteiger partial charge is 0.116 e. The first-order valence-electron chi connectivity index (χ1n) is 6.15. The summed E-state index contributed by atoms with van der Waals surface area (Å²) in [5, 5.41) is 0. The number of fused-ring (bicyclic) bond motifs is 1. The zero-order chi connectivity index (χ0) is 12.6. The van der Waals surface area contributed by atoms with Gasteiger partial charge < -0.3 is 10.3 Å². The predicted molar refractivity (Wildman–Crippen MR) is 72.2 cm³/mol. The Bertz CT molecular complexity index is 538. The molecule has 0 saturated carbocycles. The minimum atomic E-state index is -0.0832. The summed E-state index contributed by atoms with van der Waals surface area (Å²) >= 11 is 0. The van der Waals surface area contributed by atoms with E-state index >= 15 is 0 Å². The molecule has 92 valence electrons. The van der Waals surface area contributed by atoms with Crippen molar-refractivity contribution >= 4 is 11.0 Å². The van der Waals surface area contributed by atoms with Crippen LogP contribution in [0.5, 0.6) is 0 Å². The lowest BCUT2D eigenvalue weighted by atomic mass is 9.93. The van der Waals surface area contributed by atoms with Crippen LogP contribution < -0.4 is 5.73 Å². The van der Waals surface area contributed by atoms with Crippen molar-refractivity contribution in [2.24, 2.45) is 12.8 Å². The molecule has 0 atom stereocenters. The van der Waals surface area contributed by atoms with Gasteiger partial charge in [-0.1, -0.05) is 26.8 Å². The van der Waals surface area contributed by atoms with Gasteiger partial charge in [0.15, 0.2) is 0 Å². The summed E-state index contributed by atoms with van der Waals surface area (Å²) in [4.78, 5) is 4.75. The Labute approximate surface area is 103 Å². The monoisotopic (exact) mass is 231 g/mol. The maximum atomic E-state index is 5.83. The third-order valence-corrected chi connectivity index (χ3v) is 3.47. The summed E-state index contributed by atoms with van der Waals surface area (Å²) in [5.41, 5.74) is 9.33. The summed E-state index contributed by atoms with van der Waals surface area (Å²) in [5.74, 6) is 1.06. The minimum absolute atomic E-state index is 0.0832. The number of nitrogens with zero attached hydrogens (tertiary/aromatic N) is 2. The van der Waals surface area contributed by atoms with Crippen LogP contribution in [0, 0.1) is 0 Å². The molecule has 0 unspecified atom stereocenters. The predicted octanol–water partition coefficient (Wildman–Crippen LogP) is 2.37. The number of aromatic nitrogens is 2. The molecule has 0 fully saturated rings. The van der Waals surface area contributed by atoms with Crippen LogP contribution in [0.2, 0.25) is 0 Å². The van der Waals surface area contributed by atoms with Crippen molar-refractivity contribution in [3.05, 3.63) is 29.6 Å². The van der Waals surface area contributed by atoms with Crippen molar-refractivity contribution in [1.82, 2.24) is 9.55 Å². The number of hydrogen-bond acceptors (Lipinski definition) is 2. The largest absolute Gasteiger partial charge is 0.331 e. The molecule has 1 aromatic carbocycles. The van der Waals surface area contributed by atoms with Crippen molar-refractivity contribution < 1.29 is 0 Å². The molecule has 0 aliphatic carbocycles. The van der Waals surface area contributed by atoms with Gasteiger partial charge in [-0.25, -0.2) is 4.98 Å². The molecule has 0 spiro atoms. The molecule has 17 heavy (non-hydrogen) atoms. The van der Waals surface area contributed by atoms with Gasteiger partial charge in [0.25, 0.3) is 0 Å². The Morgan fingerprint density at radius 1 is 1.35 bits per heavy atom. The number of hydrogen-bond donors (Lipinski definition) is 1. The molecule has 2 rings (SSSR count). The molecule has 3 heteroatoms. The summed E-state index contributed by atoms with van der Waals surface area (Å²) in [7, 11) is 2.06.